The molecule has 0 saturated heterocycles. The monoisotopic (exact) mass is 264 g/mol. The van der Waals surface area contributed by atoms with Crippen LogP contribution in [-0.2, 0) is 18.6 Å². The molecule has 2 unspecified atom stereocenters. The van der Waals surface area contributed by atoms with E-state index >= 15 is 0 Å². The first kappa shape index (κ1) is 16.7. The fraction of sp³-hybridized carbons (Fsp3) is 0.917. The van der Waals surface area contributed by atoms with Crippen molar-refractivity contribution in [1.29, 1.82) is 0 Å². The van der Waals surface area contributed by atoms with E-state index in [1.807, 2.05) is 13.8 Å². The second kappa shape index (κ2) is 10.8. The summed E-state index contributed by atoms with van der Waals surface area (Å²) < 4.78 is 21.9. The molecule has 0 aromatic heterocycles. The molecular weight excluding hydrogens is 239 g/mol. The Morgan fingerprint density at radius 3 is 2.47 bits per heavy atom. The van der Waals surface area contributed by atoms with E-state index in [0.29, 0.717) is 6.61 Å². The van der Waals surface area contributed by atoms with Crippen molar-refractivity contribution in [3.63, 3.8) is 0 Å². The molecule has 0 N–H and O–H groups in total. The summed E-state index contributed by atoms with van der Waals surface area (Å²) >= 11 is 0. The number of unbranched alkanes of at least 4 members (excludes halogenated alkanes) is 1. The zero-order valence-electron chi connectivity index (χ0n) is 11.2. The average Bonchev–Trinajstić information content (AvgIpc) is 2.28. The molecule has 0 radical (unpaired) electrons. The van der Waals surface area contributed by atoms with Gasteiger partial charge in [0, 0.05) is 0 Å². The Bertz CT molecular complexity index is 231. The quantitative estimate of drug-likeness (QED) is 0.345. The van der Waals surface area contributed by atoms with Gasteiger partial charge in [0.05, 0.1) is 12.7 Å². The van der Waals surface area contributed by atoms with E-state index in [4.69, 9.17) is 9.26 Å². The summed E-state index contributed by atoms with van der Waals surface area (Å²) in [5.41, 5.74) is 0. The SMILES string of the molecule is CCCCOC(=O)C[PH](=O)OC(CC)CCC. The zero-order valence-corrected chi connectivity index (χ0v) is 12.2. The molecule has 0 amide bonds. The number of carbonyl (C=O) groups excluding carboxylic acids is 1. The van der Waals surface area contributed by atoms with Gasteiger partial charge in [-0.2, -0.15) is 0 Å². The largest absolute Gasteiger partial charge is 0.465 e. The highest BCUT2D eigenvalue weighted by Gasteiger charge is 2.14. The van der Waals surface area contributed by atoms with Crippen LogP contribution in [0.2, 0.25) is 0 Å². The van der Waals surface area contributed by atoms with Gasteiger partial charge < -0.3 is 9.26 Å². The number of carbonyl (C=O) groups is 1. The predicted octanol–water partition coefficient (Wildman–Crippen LogP) is 3.40. The minimum Gasteiger partial charge on any atom is -0.465 e. The van der Waals surface area contributed by atoms with Gasteiger partial charge >= 0.3 is 5.97 Å². The normalized spacial score (nSPS) is 14.3. The van der Waals surface area contributed by atoms with Crippen molar-refractivity contribution in [3.05, 3.63) is 0 Å². The second-order valence-corrected chi connectivity index (χ2v) is 5.39. The molecule has 0 fully saturated rings. The molecule has 0 aromatic rings. The van der Waals surface area contributed by atoms with Gasteiger partial charge in [-0.25, -0.2) is 0 Å². The topological polar surface area (TPSA) is 52.6 Å². The van der Waals surface area contributed by atoms with Crippen LogP contribution < -0.4 is 0 Å². The zero-order chi connectivity index (χ0) is 13.1. The van der Waals surface area contributed by atoms with Crippen LogP contribution >= 0.6 is 8.03 Å². The fourth-order valence-electron chi connectivity index (χ4n) is 1.40. The van der Waals surface area contributed by atoms with Gasteiger partial charge in [-0.05, 0) is 19.3 Å². The summed E-state index contributed by atoms with van der Waals surface area (Å²) in [6, 6.07) is 0. The summed E-state index contributed by atoms with van der Waals surface area (Å²) in [6.07, 6.45) is 4.46. The van der Waals surface area contributed by atoms with Crippen LogP contribution in [0.5, 0.6) is 0 Å². The van der Waals surface area contributed by atoms with E-state index in [-0.39, 0.29) is 12.3 Å². The van der Waals surface area contributed by atoms with Crippen molar-refractivity contribution in [2.75, 3.05) is 12.8 Å². The van der Waals surface area contributed by atoms with Crippen LogP contribution in [0.15, 0.2) is 0 Å². The third-order valence-corrected chi connectivity index (χ3v) is 3.59. The molecular formula is C12H25O4P. The van der Waals surface area contributed by atoms with Gasteiger partial charge in [-0.15, -0.1) is 0 Å². The molecule has 0 aromatic carbocycles. The van der Waals surface area contributed by atoms with Crippen molar-refractivity contribution in [1.82, 2.24) is 0 Å². The van der Waals surface area contributed by atoms with Crippen LogP contribution in [-0.4, -0.2) is 24.8 Å². The Labute approximate surface area is 105 Å². The van der Waals surface area contributed by atoms with Crippen molar-refractivity contribution in [2.45, 2.75) is 59.0 Å². The van der Waals surface area contributed by atoms with E-state index in [9.17, 15) is 9.36 Å². The van der Waals surface area contributed by atoms with Crippen molar-refractivity contribution < 1.29 is 18.6 Å². The van der Waals surface area contributed by atoms with Gasteiger partial charge in [0.2, 0.25) is 8.03 Å². The highest BCUT2D eigenvalue weighted by atomic mass is 31.1. The standard InChI is InChI=1S/C12H25O4P/c1-4-7-9-15-12(13)10-17(14)16-11(6-3)8-5-2/h11,17H,4-10H2,1-3H3. The number of esters is 1. The minimum atomic E-state index is -2.28. The summed E-state index contributed by atoms with van der Waals surface area (Å²) in [5.74, 6) is -0.409. The van der Waals surface area contributed by atoms with E-state index in [1.54, 1.807) is 0 Å². The third-order valence-electron chi connectivity index (χ3n) is 2.41. The van der Waals surface area contributed by atoms with Crippen LogP contribution in [0.1, 0.15) is 52.9 Å². The summed E-state index contributed by atoms with van der Waals surface area (Å²) in [6.45, 7) is 6.49. The summed E-state index contributed by atoms with van der Waals surface area (Å²) in [4.78, 5) is 11.3. The Kier molecular flexibility index (Phi) is 10.6. The molecule has 0 saturated carbocycles. The second-order valence-electron chi connectivity index (χ2n) is 4.06. The lowest BCUT2D eigenvalue weighted by atomic mass is 10.2. The third kappa shape index (κ3) is 9.37. The predicted molar refractivity (Wildman–Crippen MR) is 69.8 cm³/mol. The molecule has 17 heavy (non-hydrogen) atoms. The number of hydrogen-bond acceptors (Lipinski definition) is 4. The van der Waals surface area contributed by atoms with E-state index < -0.39 is 14.0 Å². The molecule has 0 heterocycles. The highest BCUT2D eigenvalue weighted by molar-refractivity contribution is 7.40. The number of rotatable bonds is 10. The van der Waals surface area contributed by atoms with Gasteiger partial charge in [-0.1, -0.05) is 33.6 Å². The average molecular weight is 264 g/mol. The molecule has 0 aliphatic rings. The Morgan fingerprint density at radius 1 is 1.24 bits per heavy atom. The Balaban J connectivity index is 3.79. The molecule has 4 nitrogen and oxygen atoms in total. The number of ether oxygens (including phenoxy) is 1. The van der Waals surface area contributed by atoms with E-state index in [0.717, 1.165) is 32.1 Å². The smallest absolute Gasteiger partial charge is 0.315 e. The van der Waals surface area contributed by atoms with Crippen LogP contribution in [0.25, 0.3) is 0 Å². The molecule has 2 atom stereocenters. The van der Waals surface area contributed by atoms with Crippen LogP contribution in [0, 0.1) is 0 Å². The summed E-state index contributed by atoms with van der Waals surface area (Å²) in [5, 5.41) is 0. The molecule has 0 aliphatic carbocycles. The molecule has 0 bridgehead atoms. The van der Waals surface area contributed by atoms with Crippen LogP contribution in [0.3, 0.4) is 0 Å². The maximum absolute atomic E-state index is 11.6. The first-order valence-corrected chi connectivity index (χ1v) is 8.01. The summed E-state index contributed by atoms with van der Waals surface area (Å²) in [7, 11) is -2.28. The maximum Gasteiger partial charge on any atom is 0.315 e. The van der Waals surface area contributed by atoms with Gasteiger partial charge in [-0.3, -0.25) is 9.36 Å². The molecule has 5 heteroatoms. The van der Waals surface area contributed by atoms with Crippen molar-refractivity contribution >= 4 is 14.0 Å². The molecule has 0 aliphatic heterocycles. The lowest BCUT2D eigenvalue weighted by Crippen LogP contribution is -2.12. The maximum atomic E-state index is 11.6. The van der Waals surface area contributed by atoms with E-state index in [1.165, 1.54) is 0 Å². The van der Waals surface area contributed by atoms with Gasteiger partial charge in [0.1, 0.15) is 6.16 Å². The fourth-order valence-corrected chi connectivity index (χ4v) is 2.47. The number of hydrogen-bond donors (Lipinski definition) is 0. The highest BCUT2D eigenvalue weighted by Crippen LogP contribution is 2.27. The van der Waals surface area contributed by atoms with Gasteiger partial charge in [0.25, 0.3) is 0 Å². The first-order chi connectivity index (χ1) is 8.13. The van der Waals surface area contributed by atoms with Crippen molar-refractivity contribution in [2.24, 2.45) is 0 Å². The lowest BCUT2D eigenvalue weighted by molar-refractivity contribution is -0.140. The molecule has 102 valence electrons. The molecule has 0 rings (SSSR count). The molecule has 0 spiro atoms. The Morgan fingerprint density at radius 2 is 1.94 bits per heavy atom. The Hall–Kier alpha value is -0.340. The van der Waals surface area contributed by atoms with E-state index in [2.05, 4.69) is 6.92 Å². The van der Waals surface area contributed by atoms with Crippen molar-refractivity contribution in [3.8, 4) is 0 Å². The minimum absolute atomic E-state index is 0.00910. The first-order valence-electron chi connectivity index (χ1n) is 6.49. The van der Waals surface area contributed by atoms with Crippen LogP contribution in [0.4, 0.5) is 0 Å². The van der Waals surface area contributed by atoms with Gasteiger partial charge in [0.15, 0.2) is 0 Å². The lowest BCUT2D eigenvalue weighted by Gasteiger charge is -2.14.